The lowest BCUT2D eigenvalue weighted by molar-refractivity contribution is -0.111. The third-order valence-electron chi connectivity index (χ3n) is 3.56. The third-order valence-corrected chi connectivity index (χ3v) is 4.77. The zero-order valence-corrected chi connectivity index (χ0v) is 14.9. The molecule has 2 aromatic heterocycles. The average molecular weight is 382 g/mol. The molecule has 26 heavy (non-hydrogen) atoms. The van der Waals surface area contributed by atoms with Gasteiger partial charge in [0.2, 0.25) is 10.9 Å². The molecule has 8 heteroatoms. The molecule has 0 fully saturated rings. The van der Waals surface area contributed by atoms with Gasteiger partial charge in [0, 0.05) is 22.3 Å². The van der Waals surface area contributed by atoms with Crippen molar-refractivity contribution < 1.29 is 4.79 Å². The van der Waals surface area contributed by atoms with Gasteiger partial charge in [-0.2, -0.15) is 9.61 Å². The predicted molar refractivity (Wildman–Crippen MR) is 103 cm³/mol. The van der Waals surface area contributed by atoms with Crippen molar-refractivity contribution in [2.45, 2.75) is 0 Å². The molecular weight excluding hydrogens is 370 g/mol. The van der Waals surface area contributed by atoms with Crippen LogP contribution in [-0.2, 0) is 4.79 Å². The van der Waals surface area contributed by atoms with Crippen molar-refractivity contribution in [1.82, 2.24) is 19.8 Å². The van der Waals surface area contributed by atoms with Crippen LogP contribution in [-0.4, -0.2) is 25.7 Å². The summed E-state index contributed by atoms with van der Waals surface area (Å²) < 4.78 is 1.63. The van der Waals surface area contributed by atoms with Crippen molar-refractivity contribution in [2.24, 2.45) is 0 Å². The Morgan fingerprint density at radius 2 is 2.04 bits per heavy atom. The number of nitrogens with zero attached hydrogens (tertiary/aromatic N) is 4. The maximum absolute atomic E-state index is 12.1. The van der Waals surface area contributed by atoms with E-state index in [0.29, 0.717) is 10.7 Å². The Hall–Kier alpha value is -3.03. The summed E-state index contributed by atoms with van der Waals surface area (Å²) in [5.74, 6) is -0.213. The summed E-state index contributed by atoms with van der Waals surface area (Å²) in [7, 11) is 0. The maximum atomic E-state index is 12.1. The van der Waals surface area contributed by atoms with Crippen LogP contribution in [0.2, 0.25) is 5.02 Å². The zero-order chi connectivity index (χ0) is 17.9. The van der Waals surface area contributed by atoms with Crippen LogP contribution in [0.4, 0.5) is 5.69 Å². The van der Waals surface area contributed by atoms with Crippen LogP contribution < -0.4 is 5.32 Å². The number of rotatable bonds is 4. The molecule has 2 heterocycles. The summed E-state index contributed by atoms with van der Waals surface area (Å²) in [5.41, 5.74) is 2.50. The molecule has 0 atom stereocenters. The Bertz CT molecular complexity index is 1070. The summed E-state index contributed by atoms with van der Waals surface area (Å²) in [6.45, 7) is 0. The normalized spacial score (nSPS) is 11.3. The Labute approximate surface area is 157 Å². The predicted octanol–water partition coefficient (Wildman–Crippen LogP) is 4.16. The minimum absolute atomic E-state index is 0.213. The fraction of sp³-hybridized carbons (Fsp3) is 0. The number of aromatic nitrogens is 4. The topological polar surface area (TPSA) is 72.2 Å². The Morgan fingerprint density at radius 1 is 1.19 bits per heavy atom. The number of benzene rings is 2. The third kappa shape index (κ3) is 3.63. The second-order valence-corrected chi connectivity index (χ2v) is 6.81. The molecular formula is C18H12ClN5OS. The molecule has 0 unspecified atom stereocenters. The summed E-state index contributed by atoms with van der Waals surface area (Å²) in [6, 6.07) is 14.8. The fourth-order valence-corrected chi connectivity index (χ4v) is 3.28. The van der Waals surface area contributed by atoms with Crippen LogP contribution in [0, 0.1) is 0 Å². The second-order valence-electron chi connectivity index (χ2n) is 5.42. The highest BCUT2D eigenvalue weighted by molar-refractivity contribution is 7.19. The lowest BCUT2D eigenvalue weighted by atomic mass is 10.2. The average Bonchev–Trinajstić information content (AvgIpc) is 3.23. The van der Waals surface area contributed by atoms with Gasteiger partial charge in [-0.1, -0.05) is 47.2 Å². The lowest BCUT2D eigenvalue weighted by Crippen LogP contribution is -2.07. The molecule has 0 bridgehead atoms. The van der Waals surface area contributed by atoms with Gasteiger partial charge in [0.15, 0.2) is 0 Å². The molecule has 0 aliphatic carbocycles. The van der Waals surface area contributed by atoms with E-state index in [9.17, 15) is 4.79 Å². The van der Waals surface area contributed by atoms with Gasteiger partial charge in [0.25, 0.3) is 0 Å². The number of fused-ring (bicyclic) bond motifs is 1. The maximum Gasteiger partial charge on any atom is 0.248 e. The minimum atomic E-state index is -0.213. The van der Waals surface area contributed by atoms with Crippen molar-refractivity contribution >= 4 is 45.6 Å². The number of amides is 1. The van der Waals surface area contributed by atoms with E-state index in [0.717, 1.165) is 21.1 Å². The number of halogens is 1. The highest BCUT2D eigenvalue weighted by Crippen LogP contribution is 2.26. The zero-order valence-electron chi connectivity index (χ0n) is 13.3. The molecule has 0 saturated heterocycles. The van der Waals surface area contributed by atoms with Crippen molar-refractivity contribution in [2.75, 3.05) is 5.32 Å². The standard InChI is InChI=1S/C18H12ClN5OS/c19-14-7-4-12(5-8-14)6-9-16(25)21-15-3-1-2-13(10-15)17-23-24-11-20-22-18(24)26-17/h1-11H,(H,21,25). The van der Waals surface area contributed by atoms with Gasteiger partial charge in [-0.25, -0.2) is 0 Å². The number of anilines is 1. The van der Waals surface area contributed by atoms with Crippen LogP contribution in [0.25, 0.3) is 21.6 Å². The van der Waals surface area contributed by atoms with Gasteiger partial charge in [-0.3, -0.25) is 4.79 Å². The fourth-order valence-electron chi connectivity index (χ4n) is 2.34. The molecule has 1 N–H and O–H groups in total. The number of nitrogens with one attached hydrogen (secondary N) is 1. The van der Waals surface area contributed by atoms with Crippen molar-refractivity contribution in [3.63, 3.8) is 0 Å². The molecule has 0 radical (unpaired) electrons. The van der Waals surface area contributed by atoms with E-state index in [2.05, 4.69) is 20.6 Å². The summed E-state index contributed by atoms with van der Waals surface area (Å²) >= 11 is 7.28. The Balaban J connectivity index is 1.48. The Morgan fingerprint density at radius 3 is 2.85 bits per heavy atom. The highest BCUT2D eigenvalue weighted by Gasteiger charge is 2.08. The quantitative estimate of drug-likeness (QED) is 0.539. The number of hydrogen-bond acceptors (Lipinski definition) is 5. The van der Waals surface area contributed by atoms with Crippen molar-refractivity contribution in [1.29, 1.82) is 0 Å². The second kappa shape index (κ2) is 7.07. The molecule has 0 aliphatic rings. The van der Waals surface area contributed by atoms with Crippen LogP contribution >= 0.6 is 22.9 Å². The van der Waals surface area contributed by atoms with E-state index in [-0.39, 0.29) is 5.91 Å². The Kier molecular flexibility index (Phi) is 4.47. The molecule has 0 aliphatic heterocycles. The first-order valence-corrected chi connectivity index (χ1v) is 8.89. The minimum Gasteiger partial charge on any atom is -0.322 e. The molecule has 1 amide bonds. The summed E-state index contributed by atoms with van der Waals surface area (Å²) in [6.07, 6.45) is 4.78. The first-order valence-electron chi connectivity index (χ1n) is 7.69. The van der Waals surface area contributed by atoms with E-state index in [1.165, 1.54) is 17.4 Å². The molecule has 4 rings (SSSR count). The SMILES string of the molecule is O=C(C=Cc1ccc(Cl)cc1)Nc1cccc(-c2nn3cnnc3s2)c1. The van der Waals surface area contributed by atoms with Crippen LogP contribution in [0.5, 0.6) is 0 Å². The summed E-state index contributed by atoms with van der Waals surface area (Å²) in [4.78, 5) is 12.9. The van der Waals surface area contributed by atoms with E-state index in [1.807, 2.05) is 36.4 Å². The van der Waals surface area contributed by atoms with E-state index in [1.54, 1.807) is 29.1 Å². The number of hydrogen-bond donors (Lipinski definition) is 1. The smallest absolute Gasteiger partial charge is 0.248 e. The molecule has 6 nitrogen and oxygen atoms in total. The molecule has 128 valence electrons. The van der Waals surface area contributed by atoms with E-state index >= 15 is 0 Å². The van der Waals surface area contributed by atoms with Gasteiger partial charge in [0.1, 0.15) is 11.3 Å². The van der Waals surface area contributed by atoms with Gasteiger partial charge in [-0.05, 0) is 35.9 Å². The molecule has 0 spiro atoms. The summed E-state index contributed by atoms with van der Waals surface area (Å²) in [5, 5.41) is 16.5. The lowest BCUT2D eigenvalue weighted by Gasteiger charge is -2.04. The van der Waals surface area contributed by atoms with Crippen molar-refractivity contribution in [3.8, 4) is 10.6 Å². The first-order chi connectivity index (χ1) is 12.7. The van der Waals surface area contributed by atoms with Gasteiger partial charge in [0.05, 0.1) is 0 Å². The molecule has 0 saturated carbocycles. The van der Waals surface area contributed by atoms with E-state index < -0.39 is 0 Å². The van der Waals surface area contributed by atoms with E-state index in [4.69, 9.17) is 11.6 Å². The van der Waals surface area contributed by atoms with Crippen molar-refractivity contribution in [3.05, 3.63) is 71.5 Å². The monoisotopic (exact) mass is 381 g/mol. The van der Waals surface area contributed by atoms with Gasteiger partial charge >= 0.3 is 0 Å². The molecule has 2 aromatic carbocycles. The first kappa shape index (κ1) is 16.4. The highest BCUT2D eigenvalue weighted by atomic mass is 35.5. The van der Waals surface area contributed by atoms with Gasteiger partial charge in [-0.15, -0.1) is 10.2 Å². The van der Waals surface area contributed by atoms with Crippen LogP contribution in [0.3, 0.4) is 0 Å². The van der Waals surface area contributed by atoms with Crippen LogP contribution in [0.15, 0.2) is 60.9 Å². The number of carbonyl (C=O) groups excluding carboxylic acids is 1. The van der Waals surface area contributed by atoms with Gasteiger partial charge < -0.3 is 5.32 Å². The van der Waals surface area contributed by atoms with Crippen LogP contribution in [0.1, 0.15) is 5.56 Å². The largest absolute Gasteiger partial charge is 0.322 e. The number of carbonyl (C=O) groups is 1. The molecule has 4 aromatic rings.